The molecule has 2 fully saturated rings. The third-order valence-electron chi connectivity index (χ3n) is 4.84. The number of esters is 1. The molecule has 2 aliphatic rings. The maximum atomic E-state index is 12.3. The van der Waals surface area contributed by atoms with Gasteiger partial charge in [-0.1, -0.05) is 24.3 Å². The Labute approximate surface area is 152 Å². The minimum Gasteiger partial charge on any atom is -0.456 e. The fraction of sp³-hybridized carbons (Fsp3) is 0.526. The summed E-state index contributed by atoms with van der Waals surface area (Å²) in [7, 11) is 0. The number of benzene rings is 1. The number of ether oxygens (including phenoxy) is 4. The molecule has 2 N–H and O–H groups in total. The first-order valence-electron chi connectivity index (χ1n) is 8.65. The molecule has 0 aromatic heterocycles. The SMILES string of the molecule is C=CCOC[C@@]1(O)[C@H](O)[C@H](OC(=O)c2ccccc2)CCC12OCCO2. The molecule has 3 rings (SSSR count). The second kappa shape index (κ2) is 7.85. The molecule has 26 heavy (non-hydrogen) atoms. The molecule has 7 heteroatoms. The predicted octanol–water partition coefficient (Wildman–Crippen LogP) is 1.04. The van der Waals surface area contributed by atoms with Gasteiger partial charge < -0.3 is 29.2 Å². The van der Waals surface area contributed by atoms with Crippen LogP contribution in [0.4, 0.5) is 0 Å². The van der Waals surface area contributed by atoms with Crippen LogP contribution in [0, 0.1) is 0 Å². The van der Waals surface area contributed by atoms with E-state index in [2.05, 4.69) is 6.58 Å². The molecule has 3 atom stereocenters. The zero-order valence-corrected chi connectivity index (χ0v) is 14.5. The van der Waals surface area contributed by atoms with Crippen LogP contribution in [0.3, 0.4) is 0 Å². The van der Waals surface area contributed by atoms with E-state index in [1.807, 2.05) is 0 Å². The van der Waals surface area contributed by atoms with Crippen LogP contribution in [0.2, 0.25) is 0 Å². The van der Waals surface area contributed by atoms with E-state index in [1.165, 1.54) is 6.08 Å². The molecule has 0 radical (unpaired) electrons. The van der Waals surface area contributed by atoms with E-state index in [0.717, 1.165) is 0 Å². The van der Waals surface area contributed by atoms with E-state index in [-0.39, 0.29) is 19.6 Å². The lowest BCUT2D eigenvalue weighted by Crippen LogP contribution is -2.70. The lowest BCUT2D eigenvalue weighted by Gasteiger charge is -2.50. The zero-order chi connectivity index (χ0) is 18.6. The number of aliphatic hydroxyl groups excluding tert-OH is 1. The second-order valence-electron chi connectivity index (χ2n) is 6.47. The molecule has 0 amide bonds. The minimum absolute atomic E-state index is 0.194. The quantitative estimate of drug-likeness (QED) is 0.442. The van der Waals surface area contributed by atoms with Gasteiger partial charge in [0.1, 0.15) is 12.2 Å². The topological polar surface area (TPSA) is 94.5 Å². The number of carbonyl (C=O) groups is 1. The Morgan fingerprint density at radius 2 is 2.00 bits per heavy atom. The van der Waals surface area contributed by atoms with Gasteiger partial charge in [0, 0.05) is 6.42 Å². The highest BCUT2D eigenvalue weighted by Gasteiger charge is 2.64. The molecule has 1 aromatic carbocycles. The second-order valence-corrected chi connectivity index (χ2v) is 6.47. The van der Waals surface area contributed by atoms with Gasteiger partial charge >= 0.3 is 5.97 Å². The lowest BCUT2D eigenvalue weighted by molar-refractivity contribution is -0.337. The molecule has 1 saturated heterocycles. The summed E-state index contributed by atoms with van der Waals surface area (Å²) in [6.45, 7) is 4.14. The van der Waals surface area contributed by atoms with Crippen molar-refractivity contribution in [2.24, 2.45) is 0 Å². The first-order valence-corrected chi connectivity index (χ1v) is 8.65. The van der Waals surface area contributed by atoms with Gasteiger partial charge in [0.05, 0.1) is 32.0 Å². The van der Waals surface area contributed by atoms with E-state index in [0.29, 0.717) is 25.2 Å². The van der Waals surface area contributed by atoms with Crippen molar-refractivity contribution in [1.82, 2.24) is 0 Å². The van der Waals surface area contributed by atoms with Crippen molar-refractivity contribution in [2.45, 2.75) is 36.4 Å². The van der Waals surface area contributed by atoms with Crippen molar-refractivity contribution in [3.05, 3.63) is 48.6 Å². The molecule has 1 spiro atoms. The van der Waals surface area contributed by atoms with Crippen LogP contribution in [0.25, 0.3) is 0 Å². The molecular weight excluding hydrogens is 340 g/mol. The normalized spacial score (nSPS) is 30.2. The fourth-order valence-electron chi connectivity index (χ4n) is 3.48. The third kappa shape index (κ3) is 3.41. The summed E-state index contributed by atoms with van der Waals surface area (Å²) in [5.74, 6) is -1.93. The first kappa shape index (κ1) is 19.0. The molecular formula is C19H24O7. The van der Waals surface area contributed by atoms with Gasteiger partial charge in [-0.15, -0.1) is 6.58 Å². The molecule has 1 aromatic rings. The van der Waals surface area contributed by atoms with Crippen LogP contribution in [0.1, 0.15) is 23.2 Å². The van der Waals surface area contributed by atoms with Gasteiger partial charge in [-0.2, -0.15) is 0 Å². The van der Waals surface area contributed by atoms with Crippen molar-refractivity contribution in [3.63, 3.8) is 0 Å². The summed E-state index contributed by atoms with van der Waals surface area (Å²) in [6, 6.07) is 8.49. The summed E-state index contributed by atoms with van der Waals surface area (Å²) < 4.78 is 22.2. The molecule has 0 bridgehead atoms. The molecule has 1 heterocycles. The van der Waals surface area contributed by atoms with Crippen molar-refractivity contribution in [2.75, 3.05) is 26.4 Å². The Kier molecular flexibility index (Phi) is 5.74. The van der Waals surface area contributed by atoms with Gasteiger partial charge in [0.2, 0.25) is 5.79 Å². The predicted molar refractivity (Wildman–Crippen MR) is 91.5 cm³/mol. The maximum Gasteiger partial charge on any atom is 0.338 e. The van der Waals surface area contributed by atoms with E-state index in [4.69, 9.17) is 18.9 Å². The van der Waals surface area contributed by atoms with E-state index >= 15 is 0 Å². The molecule has 1 aliphatic carbocycles. The molecule has 7 nitrogen and oxygen atoms in total. The summed E-state index contributed by atoms with van der Waals surface area (Å²) in [6.07, 6.45) is -0.228. The summed E-state index contributed by atoms with van der Waals surface area (Å²) >= 11 is 0. The van der Waals surface area contributed by atoms with Crippen LogP contribution in [0.15, 0.2) is 43.0 Å². The van der Waals surface area contributed by atoms with Crippen LogP contribution in [-0.2, 0) is 18.9 Å². The smallest absolute Gasteiger partial charge is 0.338 e. The highest BCUT2D eigenvalue weighted by Crippen LogP contribution is 2.44. The Balaban J connectivity index is 1.77. The van der Waals surface area contributed by atoms with Gasteiger partial charge in [-0.3, -0.25) is 0 Å². The minimum atomic E-state index is -1.87. The van der Waals surface area contributed by atoms with Crippen molar-refractivity contribution >= 4 is 5.97 Å². The average Bonchev–Trinajstić information content (AvgIpc) is 3.14. The van der Waals surface area contributed by atoms with E-state index in [1.54, 1.807) is 30.3 Å². The lowest BCUT2D eigenvalue weighted by atomic mass is 9.75. The fourth-order valence-corrected chi connectivity index (χ4v) is 3.48. The number of aliphatic hydroxyl groups is 2. The van der Waals surface area contributed by atoms with E-state index in [9.17, 15) is 15.0 Å². The molecule has 1 saturated carbocycles. The van der Waals surface area contributed by atoms with Gasteiger partial charge in [0.25, 0.3) is 0 Å². The molecule has 142 valence electrons. The number of carbonyl (C=O) groups excluding carboxylic acids is 1. The van der Waals surface area contributed by atoms with Crippen LogP contribution in [-0.4, -0.2) is 66.2 Å². The third-order valence-corrected chi connectivity index (χ3v) is 4.84. The largest absolute Gasteiger partial charge is 0.456 e. The summed E-state index contributed by atoms with van der Waals surface area (Å²) in [5, 5.41) is 22.0. The van der Waals surface area contributed by atoms with Gasteiger partial charge in [0.15, 0.2) is 5.60 Å². The highest BCUT2D eigenvalue weighted by atomic mass is 16.8. The van der Waals surface area contributed by atoms with Crippen molar-refractivity contribution < 1.29 is 34.0 Å². The molecule has 1 aliphatic heterocycles. The Bertz CT molecular complexity index is 626. The first-order chi connectivity index (χ1) is 12.5. The maximum absolute atomic E-state index is 12.3. The zero-order valence-electron chi connectivity index (χ0n) is 14.5. The highest BCUT2D eigenvalue weighted by molar-refractivity contribution is 5.89. The van der Waals surface area contributed by atoms with Crippen molar-refractivity contribution in [1.29, 1.82) is 0 Å². The Morgan fingerprint density at radius 1 is 1.31 bits per heavy atom. The van der Waals surface area contributed by atoms with Crippen LogP contribution >= 0.6 is 0 Å². The summed E-state index contributed by atoms with van der Waals surface area (Å²) in [4.78, 5) is 12.3. The van der Waals surface area contributed by atoms with Crippen molar-refractivity contribution in [3.8, 4) is 0 Å². The van der Waals surface area contributed by atoms with Gasteiger partial charge in [-0.05, 0) is 18.6 Å². The number of rotatable bonds is 6. The number of hydrogen-bond acceptors (Lipinski definition) is 7. The molecule has 0 unspecified atom stereocenters. The monoisotopic (exact) mass is 364 g/mol. The van der Waals surface area contributed by atoms with Crippen LogP contribution in [0.5, 0.6) is 0 Å². The average molecular weight is 364 g/mol. The van der Waals surface area contributed by atoms with E-state index < -0.39 is 29.6 Å². The Morgan fingerprint density at radius 3 is 2.65 bits per heavy atom. The van der Waals surface area contributed by atoms with Crippen LogP contribution < -0.4 is 0 Å². The summed E-state index contributed by atoms with van der Waals surface area (Å²) in [5.41, 5.74) is -1.49. The van der Waals surface area contributed by atoms with Gasteiger partial charge in [-0.25, -0.2) is 4.79 Å². The number of hydrogen-bond donors (Lipinski definition) is 2. The Hall–Kier alpha value is -1.77. The standard InChI is InChI=1S/C19H24O7/c1-2-10-23-13-18(22)16(20)15(8-9-19(18)24-11-12-25-19)26-17(21)14-6-4-3-5-7-14/h2-7,15-16,20,22H,1,8-13H2/t15-,16-,18-/m1/s1.